The summed E-state index contributed by atoms with van der Waals surface area (Å²) in [4.78, 5) is 65.3. The minimum absolute atomic E-state index is 0.0509. The number of likely N-dealkylation sites (tertiary alicyclic amines) is 1. The van der Waals surface area contributed by atoms with Gasteiger partial charge in [0.25, 0.3) is 15.9 Å². The summed E-state index contributed by atoms with van der Waals surface area (Å²) in [6.45, 7) is 9.82. The topological polar surface area (TPSA) is 210 Å². The van der Waals surface area contributed by atoms with Crippen LogP contribution in [0.2, 0.25) is 0 Å². The van der Waals surface area contributed by atoms with E-state index in [-0.39, 0.29) is 35.7 Å². The Balaban J connectivity index is 1.09. The van der Waals surface area contributed by atoms with Crippen molar-refractivity contribution in [1.29, 1.82) is 0 Å². The minimum Gasteiger partial charge on any atom is -0.480 e. The Morgan fingerprint density at radius 1 is 1.06 bits per heavy atom. The van der Waals surface area contributed by atoms with Gasteiger partial charge in [-0.3, -0.25) is 14.5 Å². The van der Waals surface area contributed by atoms with Gasteiger partial charge < -0.3 is 30.5 Å². The second kappa shape index (κ2) is 17.0. The quantitative estimate of drug-likeness (QED) is 0.102. The molecule has 1 aliphatic heterocycles. The monoisotopic (exact) mass is 773 g/mol. The van der Waals surface area contributed by atoms with Crippen molar-refractivity contribution >= 4 is 45.7 Å². The molecule has 54 heavy (non-hydrogen) atoms. The fourth-order valence-electron chi connectivity index (χ4n) is 7.57. The average Bonchev–Trinajstić information content (AvgIpc) is 3.90. The Morgan fingerprint density at radius 3 is 2.41 bits per heavy atom. The van der Waals surface area contributed by atoms with Crippen molar-refractivity contribution in [2.75, 3.05) is 18.4 Å². The van der Waals surface area contributed by atoms with Crippen LogP contribution in [0.4, 0.5) is 15.3 Å². The molecule has 298 valence electrons. The smallest absolute Gasteiger partial charge is 0.410 e. The summed E-state index contributed by atoms with van der Waals surface area (Å²) in [6, 6.07) is 4.39. The van der Waals surface area contributed by atoms with Gasteiger partial charge in [0.05, 0.1) is 5.69 Å². The SMILES string of the molecule is C=CC1CC1(NC(=O)C1C2CC2CN1C(=O)OC(C)(C)C)C(=O)NS(=O)(=O)c1ccccc1NCCCCCCC[C@H](NC(=O)OC1CCCC1)C(=O)O. The number of piperidine rings is 1. The number of aliphatic carboxylic acids is 1. The fraction of sp³-hybridized carbons (Fsp3) is 0.658. The standard InChI is InChI=1S/C38H55N5O10S/c1-5-25-22-38(25,41-32(44)31-27-21-24(27)23-43(31)36(49)53-37(2,3)4)34(47)42-54(50,51)30-19-13-12-17-28(30)39-20-14-8-6-7-9-18-29(33(45)46)40-35(48)52-26-15-10-11-16-26/h5,12-13,17,19,24-27,29,31,39H,1,6-11,14-16,18,20-23H2,2-4H3,(H,40,48)(H,41,44)(H,42,47)(H,45,46)/t24?,25?,27?,29-,31?,38?/m0/s1. The Morgan fingerprint density at radius 2 is 1.74 bits per heavy atom. The number of para-hydroxylation sites is 1. The van der Waals surface area contributed by atoms with E-state index in [0.29, 0.717) is 31.6 Å². The third-order valence-electron chi connectivity index (χ3n) is 10.7. The first kappa shape index (κ1) is 40.8. The maximum absolute atomic E-state index is 13.7. The number of anilines is 1. The van der Waals surface area contributed by atoms with E-state index in [4.69, 9.17) is 9.47 Å². The van der Waals surface area contributed by atoms with Gasteiger partial charge >= 0.3 is 18.2 Å². The molecular formula is C38H55N5O10S. The van der Waals surface area contributed by atoms with E-state index in [9.17, 15) is 37.5 Å². The molecule has 4 fully saturated rings. The molecule has 6 atom stereocenters. The van der Waals surface area contributed by atoms with Crippen LogP contribution in [0, 0.1) is 17.8 Å². The number of carboxylic acid groups (broad SMARTS) is 1. The van der Waals surface area contributed by atoms with Crippen LogP contribution in [0.5, 0.6) is 0 Å². The van der Waals surface area contributed by atoms with Crippen LogP contribution in [-0.2, 0) is 33.9 Å². The highest BCUT2D eigenvalue weighted by Crippen LogP contribution is 2.51. The van der Waals surface area contributed by atoms with E-state index in [2.05, 4.69) is 27.3 Å². The van der Waals surface area contributed by atoms with E-state index >= 15 is 0 Å². The van der Waals surface area contributed by atoms with Gasteiger partial charge in [-0.1, -0.05) is 43.9 Å². The average molecular weight is 774 g/mol. The summed E-state index contributed by atoms with van der Waals surface area (Å²) >= 11 is 0. The van der Waals surface area contributed by atoms with E-state index < -0.39 is 69.1 Å². The number of nitrogens with one attached hydrogen (secondary N) is 4. The number of ether oxygens (including phenoxy) is 2. The lowest BCUT2D eigenvalue weighted by Gasteiger charge is -2.31. The highest BCUT2D eigenvalue weighted by Gasteiger charge is 2.64. The third kappa shape index (κ3) is 10.2. The molecule has 0 spiro atoms. The van der Waals surface area contributed by atoms with Crippen molar-refractivity contribution < 1.29 is 47.0 Å². The molecule has 3 aliphatic carbocycles. The first-order valence-corrected chi connectivity index (χ1v) is 20.6. The van der Waals surface area contributed by atoms with E-state index in [1.807, 2.05) is 0 Å². The number of hydrogen-bond donors (Lipinski definition) is 5. The van der Waals surface area contributed by atoms with Gasteiger partial charge in [0, 0.05) is 19.0 Å². The molecule has 1 aromatic carbocycles. The Hall–Kier alpha value is -4.34. The number of carbonyl (C=O) groups excluding carboxylic acids is 4. The Bertz CT molecular complexity index is 1690. The van der Waals surface area contributed by atoms with Crippen LogP contribution in [0.1, 0.15) is 97.8 Å². The van der Waals surface area contributed by atoms with Gasteiger partial charge in [0.1, 0.15) is 34.2 Å². The Labute approximate surface area is 317 Å². The van der Waals surface area contributed by atoms with Crippen molar-refractivity contribution in [3.8, 4) is 0 Å². The van der Waals surface area contributed by atoms with Crippen LogP contribution in [0.25, 0.3) is 0 Å². The molecule has 0 bridgehead atoms. The van der Waals surface area contributed by atoms with Crippen molar-refractivity contribution in [2.24, 2.45) is 17.8 Å². The molecule has 5 N–H and O–H groups in total. The maximum Gasteiger partial charge on any atom is 0.410 e. The van der Waals surface area contributed by atoms with Gasteiger partial charge in [-0.2, -0.15) is 0 Å². The van der Waals surface area contributed by atoms with Crippen LogP contribution in [0.3, 0.4) is 0 Å². The summed E-state index contributed by atoms with van der Waals surface area (Å²) in [6.07, 6.45) is 8.58. The van der Waals surface area contributed by atoms with Crippen molar-refractivity contribution in [3.63, 3.8) is 0 Å². The van der Waals surface area contributed by atoms with E-state index in [0.717, 1.165) is 51.4 Å². The lowest BCUT2D eigenvalue weighted by molar-refractivity contribution is -0.139. The molecule has 0 radical (unpaired) electrons. The molecule has 4 amide bonds. The predicted molar refractivity (Wildman–Crippen MR) is 199 cm³/mol. The van der Waals surface area contributed by atoms with Crippen LogP contribution in [-0.4, -0.2) is 90.8 Å². The number of fused-ring (bicyclic) bond motifs is 1. The van der Waals surface area contributed by atoms with Gasteiger partial charge in [0.2, 0.25) is 5.91 Å². The largest absolute Gasteiger partial charge is 0.480 e. The van der Waals surface area contributed by atoms with E-state index in [1.165, 1.54) is 17.0 Å². The zero-order valence-corrected chi connectivity index (χ0v) is 32.3. The number of benzene rings is 1. The molecule has 16 heteroatoms. The molecule has 15 nitrogen and oxygen atoms in total. The van der Waals surface area contributed by atoms with Crippen LogP contribution in [0.15, 0.2) is 41.8 Å². The number of nitrogens with zero attached hydrogens (tertiary/aromatic N) is 1. The number of unbranched alkanes of at least 4 members (excludes halogenated alkanes) is 4. The number of sulfonamides is 1. The number of rotatable bonds is 18. The van der Waals surface area contributed by atoms with Gasteiger partial charge in [0.15, 0.2) is 0 Å². The van der Waals surface area contributed by atoms with Gasteiger partial charge in [-0.25, -0.2) is 27.5 Å². The van der Waals surface area contributed by atoms with Gasteiger partial charge in [-0.05, 0) is 96.1 Å². The fourth-order valence-corrected chi connectivity index (χ4v) is 8.79. The first-order chi connectivity index (χ1) is 25.5. The molecule has 1 aromatic rings. The number of carboxylic acids is 1. The van der Waals surface area contributed by atoms with Gasteiger partial charge in [-0.15, -0.1) is 6.58 Å². The second-order valence-electron chi connectivity index (χ2n) is 16.0. The number of carbonyl (C=O) groups is 5. The molecule has 4 aliphatic rings. The van der Waals surface area contributed by atoms with Crippen LogP contribution < -0.4 is 20.7 Å². The number of alkyl carbamates (subject to hydrolysis) is 1. The Kier molecular flexibility index (Phi) is 12.8. The third-order valence-corrected chi connectivity index (χ3v) is 12.0. The summed E-state index contributed by atoms with van der Waals surface area (Å²) in [5.74, 6) is -2.88. The maximum atomic E-state index is 13.7. The normalized spacial score (nSPS) is 25.1. The number of hydrogen-bond acceptors (Lipinski definition) is 10. The lowest BCUT2D eigenvalue weighted by Crippen LogP contribution is -2.57. The highest BCUT2D eigenvalue weighted by atomic mass is 32.2. The van der Waals surface area contributed by atoms with Crippen molar-refractivity contribution in [1.82, 2.24) is 20.3 Å². The van der Waals surface area contributed by atoms with E-state index in [1.54, 1.807) is 39.0 Å². The molecule has 3 saturated carbocycles. The molecule has 1 saturated heterocycles. The molecule has 5 unspecified atom stereocenters. The summed E-state index contributed by atoms with van der Waals surface area (Å²) in [7, 11) is -4.37. The van der Waals surface area contributed by atoms with Crippen molar-refractivity contribution in [3.05, 3.63) is 36.9 Å². The zero-order valence-electron chi connectivity index (χ0n) is 31.4. The predicted octanol–water partition coefficient (Wildman–Crippen LogP) is 4.68. The number of amides is 4. The summed E-state index contributed by atoms with van der Waals surface area (Å²) in [5, 5.41) is 17.9. The van der Waals surface area contributed by atoms with Crippen LogP contribution >= 0.6 is 0 Å². The summed E-state index contributed by atoms with van der Waals surface area (Å²) < 4.78 is 40.3. The molecule has 0 aromatic heterocycles. The lowest BCUT2D eigenvalue weighted by atomic mass is 10.1. The first-order valence-electron chi connectivity index (χ1n) is 19.1. The minimum atomic E-state index is -4.37. The van der Waals surface area contributed by atoms with Crippen molar-refractivity contribution in [2.45, 2.75) is 132 Å². The highest BCUT2D eigenvalue weighted by molar-refractivity contribution is 7.90. The molecule has 1 heterocycles. The summed E-state index contributed by atoms with van der Waals surface area (Å²) in [5.41, 5.74) is -1.97. The second-order valence-corrected chi connectivity index (χ2v) is 17.7. The molecule has 5 rings (SSSR count). The zero-order chi connectivity index (χ0) is 39.3. The molecular weight excluding hydrogens is 719 g/mol.